The zero-order chi connectivity index (χ0) is 11.5. The van der Waals surface area contributed by atoms with E-state index in [0.717, 1.165) is 12.0 Å². The van der Waals surface area contributed by atoms with Crippen LogP contribution in [-0.2, 0) is 0 Å². The van der Waals surface area contributed by atoms with E-state index in [0.29, 0.717) is 17.6 Å². The van der Waals surface area contributed by atoms with Gasteiger partial charge in [-0.15, -0.1) is 0 Å². The number of rotatable bonds is 3. The summed E-state index contributed by atoms with van der Waals surface area (Å²) in [6, 6.07) is 8.34. The maximum atomic E-state index is 4.98. The van der Waals surface area contributed by atoms with Crippen LogP contribution in [0.4, 0.5) is 0 Å². The molecule has 16 heavy (non-hydrogen) atoms. The molecule has 0 aliphatic carbocycles. The Hall–Kier alpha value is -1.64. The van der Waals surface area contributed by atoms with Crippen molar-refractivity contribution in [2.75, 3.05) is 0 Å². The molecule has 0 fully saturated rings. The number of aromatic nitrogens is 2. The lowest BCUT2D eigenvalue weighted by atomic mass is 9.97. The van der Waals surface area contributed by atoms with Gasteiger partial charge in [0.2, 0.25) is 11.7 Å². The topological polar surface area (TPSA) is 38.9 Å². The van der Waals surface area contributed by atoms with Crippen molar-refractivity contribution in [1.29, 1.82) is 0 Å². The molecule has 1 atom stereocenters. The standard InChI is InChI=1S/C13H16N2O/c1-4-9(2)11-6-5-7-12(8-11)13-14-10(3)16-15-13/h5-9H,4H2,1-3H3. The third-order valence-electron chi connectivity index (χ3n) is 2.85. The molecule has 0 radical (unpaired) electrons. The molecule has 0 aliphatic rings. The number of benzene rings is 1. The van der Waals surface area contributed by atoms with Gasteiger partial charge in [0, 0.05) is 12.5 Å². The molecular formula is C13H16N2O. The molecule has 0 aliphatic heterocycles. The SMILES string of the molecule is CCC(C)c1cccc(-c2noc(C)n2)c1. The molecule has 3 heteroatoms. The predicted molar refractivity (Wildman–Crippen MR) is 63.2 cm³/mol. The lowest BCUT2D eigenvalue weighted by Crippen LogP contribution is -1.92. The molecule has 1 aromatic carbocycles. The highest BCUT2D eigenvalue weighted by Gasteiger charge is 2.08. The Bertz CT molecular complexity index is 476. The molecule has 0 saturated carbocycles. The summed E-state index contributed by atoms with van der Waals surface area (Å²) in [6.45, 7) is 6.21. The molecule has 2 aromatic rings. The van der Waals surface area contributed by atoms with E-state index in [-0.39, 0.29) is 0 Å². The number of hydrogen-bond acceptors (Lipinski definition) is 3. The Morgan fingerprint density at radius 3 is 2.81 bits per heavy atom. The first-order valence-electron chi connectivity index (χ1n) is 5.61. The van der Waals surface area contributed by atoms with E-state index in [1.54, 1.807) is 6.92 Å². The molecule has 2 rings (SSSR count). The van der Waals surface area contributed by atoms with Gasteiger partial charge in [-0.3, -0.25) is 0 Å². The molecule has 3 nitrogen and oxygen atoms in total. The van der Waals surface area contributed by atoms with Crippen LogP contribution < -0.4 is 0 Å². The maximum absolute atomic E-state index is 4.98. The van der Waals surface area contributed by atoms with Crippen molar-refractivity contribution in [1.82, 2.24) is 10.1 Å². The zero-order valence-electron chi connectivity index (χ0n) is 9.90. The second-order valence-corrected chi connectivity index (χ2v) is 4.07. The molecule has 0 N–H and O–H groups in total. The van der Waals surface area contributed by atoms with Gasteiger partial charge >= 0.3 is 0 Å². The predicted octanol–water partition coefficient (Wildman–Crippen LogP) is 3.56. The Morgan fingerprint density at radius 1 is 1.38 bits per heavy atom. The van der Waals surface area contributed by atoms with Crippen LogP contribution >= 0.6 is 0 Å². The smallest absolute Gasteiger partial charge is 0.223 e. The van der Waals surface area contributed by atoms with Crippen LogP contribution in [0.5, 0.6) is 0 Å². The number of aryl methyl sites for hydroxylation is 1. The Balaban J connectivity index is 2.36. The van der Waals surface area contributed by atoms with Crippen LogP contribution in [-0.4, -0.2) is 10.1 Å². The Morgan fingerprint density at radius 2 is 2.19 bits per heavy atom. The minimum absolute atomic E-state index is 0.563. The third kappa shape index (κ3) is 2.13. The van der Waals surface area contributed by atoms with Crippen molar-refractivity contribution in [3.8, 4) is 11.4 Å². The van der Waals surface area contributed by atoms with Crippen molar-refractivity contribution >= 4 is 0 Å². The van der Waals surface area contributed by atoms with Crippen molar-refractivity contribution in [2.45, 2.75) is 33.1 Å². The van der Waals surface area contributed by atoms with Gasteiger partial charge in [0.15, 0.2) is 0 Å². The Labute approximate surface area is 95.5 Å². The van der Waals surface area contributed by atoms with E-state index in [9.17, 15) is 0 Å². The third-order valence-corrected chi connectivity index (χ3v) is 2.85. The van der Waals surface area contributed by atoms with Crippen LogP contribution in [0.3, 0.4) is 0 Å². The minimum Gasteiger partial charge on any atom is -0.339 e. The summed E-state index contributed by atoms with van der Waals surface area (Å²) in [4.78, 5) is 4.23. The average Bonchev–Trinajstić information content (AvgIpc) is 2.75. The van der Waals surface area contributed by atoms with Gasteiger partial charge in [-0.05, 0) is 24.0 Å². The maximum Gasteiger partial charge on any atom is 0.223 e. The van der Waals surface area contributed by atoms with Gasteiger partial charge in [0.1, 0.15) is 0 Å². The van der Waals surface area contributed by atoms with Gasteiger partial charge in [-0.1, -0.05) is 37.2 Å². The van der Waals surface area contributed by atoms with Gasteiger partial charge in [-0.2, -0.15) is 4.98 Å². The molecule has 1 aromatic heterocycles. The van der Waals surface area contributed by atoms with Crippen LogP contribution in [0.2, 0.25) is 0 Å². The average molecular weight is 216 g/mol. The molecule has 0 bridgehead atoms. The van der Waals surface area contributed by atoms with Crippen molar-refractivity contribution < 1.29 is 4.52 Å². The van der Waals surface area contributed by atoms with E-state index in [1.165, 1.54) is 5.56 Å². The monoisotopic (exact) mass is 216 g/mol. The fraction of sp³-hybridized carbons (Fsp3) is 0.385. The summed E-state index contributed by atoms with van der Waals surface area (Å²) in [5.41, 5.74) is 2.34. The van der Waals surface area contributed by atoms with E-state index in [4.69, 9.17) is 4.52 Å². The van der Waals surface area contributed by atoms with Crippen LogP contribution in [0, 0.1) is 6.92 Å². The first-order chi connectivity index (χ1) is 7.70. The second-order valence-electron chi connectivity index (χ2n) is 4.07. The van der Waals surface area contributed by atoms with Crippen LogP contribution in [0.15, 0.2) is 28.8 Å². The fourth-order valence-electron chi connectivity index (χ4n) is 1.64. The molecule has 84 valence electrons. The molecule has 0 amide bonds. The normalized spacial score (nSPS) is 12.7. The number of nitrogens with zero attached hydrogens (tertiary/aromatic N) is 2. The van der Waals surface area contributed by atoms with Crippen molar-refractivity contribution in [3.05, 3.63) is 35.7 Å². The summed E-state index contributed by atoms with van der Waals surface area (Å²) < 4.78 is 4.98. The zero-order valence-corrected chi connectivity index (χ0v) is 9.90. The largest absolute Gasteiger partial charge is 0.339 e. The van der Waals surface area contributed by atoms with E-state index < -0.39 is 0 Å². The number of hydrogen-bond donors (Lipinski definition) is 0. The summed E-state index contributed by atoms with van der Waals surface area (Å²) in [5.74, 6) is 1.83. The summed E-state index contributed by atoms with van der Waals surface area (Å²) >= 11 is 0. The molecule has 0 saturated heterocycles. The quantitative estimate of drug-likeness (QED) is 0.787. The highest BCUT2D eigenvalue weighted by Crippen LogP contribution is 2.23. The van der Waals surface area contributed by atoms with Gasteiger partial charge in [0.25, 0.3) is 0 Å². The molecular weight excluding hydrogens is 200 g/mol. The lowest BCUT2D eigenvalue weighted by Gasteiger charge is -2.09. The second kappa shape index (κ2) is 4.47. The van der Waals surface area contributed by atoms with Crippen LogP contribution in [0.25, 0.3) is 11.4 Å². The minimum atomic E-state index is 0.563. The highest BCUT2D eigenvalue weighted by atomic mass is 16.5. The van der Waals surface area contributed by atoms with Gasteiger partial charge in [0.05, 0.1) is 0 Å². The van der Waals surface area contributed by atoms with Crippen LogP contribution in [0.1, 0.15) is 37.6 Å². The lowest BCUT2D eigenvalue weighted by molar-refractivity contribution is 0.394. The summed E-state index contributed by atoms with van der Waals surface area (Å²) in [7, 11) is 0. The summed E-state index contributed by atoms with van der Waals surface area (Å²) in [5, 5.41) is 3.93. The molecule has 0 spiro atoms. The first-order valence-corrected chi connectivity index (χ1v) is 5.61. The van der Waals surface area contributed by atoms with E-state index in [2.05, 4.69) is 36.1 Å². The fourth-order valence-corrected chi connectivity index (χ4v) is 1.64. The molecule has 1 unspecified atom stereocenters. The van der Waals surface area contributed by atoms with Gasteiger partial charge in [-0.25, -0.2) is 0 Å². The summed E-state index contributed by atoms with van der Waals surface area (Å²) in [6.07, 6.45) is 1.13. The van der Waals surface area contributed by atoms with E-state index >= 15 is 0 Å². The van der Waals surface area contributed by atoms with Crippen molar-refractivity contribution in [3.63, 3.8) is 0 Å². The van der Waals surface area contributed by atoms with E-state index in [1.807, 2.05) is 12.1 Å². The highest BCUT2D eigenvalue weighted by molar-refractivity contribution is 5.55. The van der Waals surface area contributed by atoms with Gasteiger partial charge < -0.3 is 4.52 Å². The van der Waals surface area contributed by atoms with Crippen molar-refractivity contribution in [2.24, 2.45) is 0 Å². The Kier molecular flexibility index (Phi) is 3.04. The molecule has 1 heterocycles. The first kappa shape index (κ1) is 10.9.